The summed E-state index contributed by atoms with van der Waals surface area (Å²) in [4.78, 5) is 54.0. The topological polar surface area (TPSA) is 144 Å². The summed E-state index contributed by atoms with van der Waals surface area (Å²) in [6.45, 7) is 27.5. The fourth-order valence-corrected chi connectivity index (χ4v) is 35.0. The zero-order valence-electron chi connectivity index (χ0n) is 63.9. The van der Waals surface area contributed by atoms with Gasteiger partial charge in [0.15, 0.2) is 16.6 Å². The molecule has 2 aliphatic carbocycles. The Morgan fingerprint density at radius 1 is 0.301 bits per heavy atom. The predicted molar refractivity (Wildman–Crippen MR) is 410 cm³/mol. The number of amides is 4. The summed E-state index contributed by atoms with van der Waals surface area (Å²) in [5.41, 5.74) is 0. The van der Waals surface area contributed by atoms with E-state index in [1.807, 2.05) is 0 Å². The van der Waals surface area contributed by atoms with Crippen LogP contribution in [0, 0.1) is 11.8 Å². The molecule has 0 saturated heterocycles. The van der Waals surface area contributed by atoms with Crippen LogP contribution in [0.15, 0.2) is 0 Å². The smallest absolute Gasteiger partial charge is 0.312 e. The van der Waals surface area contributed by atoms with Gasteiger partial charge in [0.2, 0.25) is 23.6 Å². The quantitative estimate of drug-likeness (QED) is 0.0351. The number of carbonyl (C=O) groups is 4. The molecule has 4 N–H and O–H groups in total. The molecule has 0 bridgehead atoms. The molecule has 2 unspecified atom stereocenters. The molecule has 0 aliphatic heterocycles. The van der Waals surface area contributed by atoms with E-state index in [1.54, 1.807) is 0 Å². The number of hydrogen-bond acceptors (Lipinski definition) is 7. The molecule has 2 rings (SSSR count). The Bertz CT molecular complexity index is 1730. The molecule has 2 saturated carbocycles. The molecule has 15 heteroatoms. The maximum absolute atomic E-state index is 13.8. The summed E-state index contributed by atoms with van der Waals surface area (Å²) in [5, 5.41) is 13.7. The third-order valence-electron chi connectivity index (χ3n) is 20.6. The number of unbranched alkanes of at least 4 members (excludes halogenated alkanes) is 34. The van der Waals surface area contributed by atoms with Crippen LogP contribution in [0.25, 0.3) is 0 Å². The zero-order valence-corrected chi connectivity index (χ0v) is 67.9. The average molecular weight is 1380 g/mol. The van der Waals surface area contributed by atoms with Crippen molar-refractivity contribution in [3.8, 4) is 0 Å². The van der Waals surface area contributed by atoms with Crippen molar-refractivity contribution in [1.82, 2.24) is 21.3 Å². The Hall–Kier alpha value is -1.37. The van der Waals surface area contributed by atoms with Gasteiger partial charge >= 0.3 is 17.1 Å². The van der Waals surface area contributed by atoms with Crippen molar-refractivity contribution in [3.05, 3.63) is 0 Å². The van der Waals surface area contributed by atoms with Crippen LogP contribution < -0.4 is 21.3 Å². The molecule has 548 valence electrons. The van der Waals surface area contributed by atoms with Gasteiger partial charge in [-0.1, -0.05) is 297 Å². The molecule has 93 heavy (non-hydrogen) atoms. The van der Waals surface area contributed by atoms with Gasteiger partial charge in [0, 0.05) is 48.8 Å². The summed E-state index contributed by atoms with van der Waals surface area (Å²) in [6.07, 6.45) is 62.7. The minimum Gasteiger partial charge on any atom is -0.436 e. The highest BCUT2D eigenvalue weighted by atomic mass is 28.5. The van der Waals surface area contributed by atoms with Crippen molar-refractivity contribution >= 4 is 57.4 Å². The van der Waals surface area contributed by atoms with Crippen LogP contribution in [0.3, 0.4) is 0 Å². The van der Waals surface area contributed by atoms with E-state index in [4.69, 9.17) is 12.3 Å². The summed E-state index contributed by atoms with van der Waals surface area (Å²) >= 11 is 0. The molecule has 2 fully saturated rings. The van der Waals surface area contributed by atoms with Crippen molar-refractivity contribution in [2.24, 2.45) is 11.8 Å². The Morgan fingerprint density at radius 3 is 0.796 bits per heavy atom. The lowest BCUT2D eigenvalue weighted by Crippen LogP contribution is -2.56. The van der Waals surface area contributed by atoms with Gasteiger partial charge in [-0.3, -0.25) is 19.2 Å². The molecular weight excluding hydrogens is 1220 g/mol. The van der Waals surface area contributed by atoms with Gasteiger partial charge in [-0.05, 0) is 129 Å². The first-order valence-electron chi connectivity index (χ1n) is 40.9. The Labute approximate surface area is 581 Å². The van der Waals surface area contributed by atoms with Gasteiger partial charge in [0.25, 0.3) is 0 Å². The molecule has 0 radical (unpaired) electrons. The van der Waals surface area contributed by atoms with E-state index in [2.05, 4.69) is 101 Å². The molecule has 0 aromatic heterocycles. The van der Waals surface area contributed by atoms with Crippen molar-refractivity contribution in [1.29, 1.82) is 0 Å². The highest BCUT2D eigenvalue weighted by Gasteiger charge is 2.43. The molecule has 11 nitrogen and oxygen atoms in total. The van der Waals surface area contributed by atoms with E-state index in [0.29, 0.717) is 12.8 Å². The van der Waals surface area contributed by atoms with Crippen LogP contribution in [-0.4, -0.2) is 81.6 Å². The van der Waals surface area contributed by atoms with Gasteiger partial charge in [0.1, 0.15) is 0 Å². The Kier molecular flexibility index (Phi) is 51.4. The second-order valence-electron chi connectivity index (χ2n) is 32.0. The van der Waals surface area contributed by atoms with Gasteiger partial charge in [-0.15, -0.1) is 0 Å². The normalized spacial score (nSPS) is 18.1. The summed E-state index contributed by atoms with van der Waals surface area (Å²) < 4.78 is 20.9. The summed E-state index contributed by atoms with van der Waals surface area (Å²) in [5.74, 6) is 1.02. The van der Waals surface area contributed by atoms with Crippen molar-refractivity contribution in [3.63, 3.8) is 0 Å². The molecule has 0 aromatic carbocycles. The van der Waals surface area contributed by atoms with Crippen LogP contribution in [0.2, 0.25) is 64.5 Å². The van der Waals surface area contributed by atoms with E-state index in [-0.39, 0.29) is 59.6 Å². The molecule has 0 spiro atoms. The van der Waals surface area contributed by atoms with Gasteiger partial charge in [-0.2, -0.15) is 0 Å². The highest BCUT2D eigenvalue weighted by Crippen LogP contribution is 2.31. The van der Waals surface area contributed by atoms with Crippen LogP contribution >= 0.6 is 0 Å². The minimum absolute atomic E-state index is 0.0589. The average Bonchev–Trinajstić information content (AvgIpc) is 0.939. The van der Waals surface area contributed by atoms with E-state index >= 15 is 0 Å². The van der Waals surface area contributed by atoms with E-state index < -0.39 is 33.8 Å². The standard InChI is InChI=1S/C78H158N4O7Si4/c1-13-17-21-25-31-39-47-59-69(57-45-37-23-19-15-3)77(85)81-73-63-53-51-61-71(73)79-75(83)65-49-41-33-27-29-35-43-55-67-90(5,6)87-92(9,10)89-93(11,12)88-91(7,8)68-56-44-36-30-28-34-42-50-66-76(84)80-72-62-52-54-64-74(72)82-78(86)70(58-46-38-24-20-16-4)60-48-40-32-26-22-18-14-2/h69-74H,13-68H2,1-12H3,(H,79,83)(H,80,84)(H,81,85)(H,82,86)/t69?,70?,71-,72-,73-,74-/m0/s1. The first-order valence-corrected chi connectivity index (χ1v) is 52.8. The van der Waals surface area contributed by atoms with Gasteiger partial charge in [-0.25, -0.2) is 0 Å². The molecule has 0 heterocycles. The second kappa shape index (κ2) is 54.5. The second-order valence-corrected chi connectivity index (χ2v) is 48.1. The van der Waals surface area contributed by atoms with Gasteiger partial charge in [0.05, 0.1) is 0 Å². The lowest BCUT2D eigenvalue weighted by molar-refractivity contribution is -0.128. The van der Waals surface area contributed by atoms with Crippen LogP contribution in [-0.2, 0) is 31.5 Å². The van der Waals surface area contributed by atoms with E-state index in [0.717, 1.165) is 141 Å². The summed E-state index contributed by atoms with van der Waals surface area (Å²) in [7, 11) is -8.58. The van der Waals surface area contributed by atoms with Crippen molar-refractivity contribution < 1.29 is 31.5 Å². The largest absolute Gasteiger partial charge is 0.436 e. The molecule has 4 amide bonds. The molecular formula is C78H158N4O7Si4. The monoisotopic (exact) mass is 1380 g/mol. The number of nitrogens with one attached hydrogen (secondary N) is 4. The third-order valence-corrected chi connectivity index (χ3v) is 36.0. The van der Waals surface area contributed by atoms with Gasteiger partial charge < -0.3 is 33.6 Å². The zero-order chi connectivity index (χ0) is 68.3. The molecule has 2 aliphatic rings. The SMILES string of the molecule is CCCCCCCCCC(CCCCCCC)C(=O)N[C@H]1CCCC[C@@H]1NC(=O)CCCCCCCCCC[Si](C)(C)O[Si](C)(C)O[Si](C)(C)O[Si](C)(C)CCCCCCCCCCC(=O)N[C@H]1CCCC[C@@H]1NC(=O)C(CCCCCCC)CCCCCCCCC. The fourth-order valence-electron chi connectivity index (χ4n) is 15.5. The fraction of sp³-hybridized carbons (Fsp3) is 0.949. The molecule has 6 atom stereocenters. The Balaban J connectivity index is 1.59. The van der Waals surface area contributed by atoms with Crippen LogP contribution in [0.5, 0.6) is 0 Å². The maximum atomic E-state index is 13.8. The first-order chi connectivity index (χ1) is 44.6. The lowest BCUT2D eigenvalue weighted by Gasteiger charge is -2.41. The van der Waals surface area contributed by atoms with E-state index in [1.165, 1.54) is 205 Å². The van der Waals surface area contributed by atoms with Crippen LogP contribution in [0.4, 0.5) is 0 Å². The summed E-state index contributed by atoms with van der Waals surface area (Å²) in [6, 6.07) is 2.56. The third kappa shape index (κ3) is 47.3. The predicted octanol–water partition coefficient (Wildman–Crippen LogP) is 23.2. The van der Waals surface area contributed by atoms with Crippen LogP contribution in [0.1, 0.15) is 374 Å². The lowest BCUT2D eigenvalue weighted by atomic mass is 9.88. The Morgan fingerprint density at radius 2 is 0.527 bits per heavy atom. The minimum atomic E-state index is -2.39. The number of hydrogen-bond donors (Lipinski definition) is 4. The molecule has 0 aromatic rings. The first kappa shape index (κ1) is 87.7. The maximum Gasteiger partial charge on any atom is 0.312 e. The van der Waals surface area contributed by atoms with Crippen molar-refractivity contribution in [2.75, 3.05) is 0 Å². The van der Waals surface area contributed by atoms with Crippen molar-refractivity contribution in [2.45, 2.75) is 463 Å². The highest BCUT2D eigenvalue weighted by molar-refractivity contribution is 6.89. The number of rotatable bonds is 62. The van der Waals surface area contributed by atoms with E-state index in [9.17, 15) is 19.2 Å². The number of carbonyl (C=O) groups excluding carboxylic acids is 4.